The lowest BCUT2D eigenvalue weighted by molar-refractivity contribution is -0.913. The Morgan fingerprint density at radius 1 is 1.04 bits per heavy atom. The van der Waals surface area contributed by atoms with Gasteiger partial charge >= 0.3 is 0 Å². The van der Waals surface area contributed by atoms with Crippen molar-refractivity contribution in [3.05, 3.63) is 54.6 Å². The van der Waals surface area contributed by atoms with Crippen molar-refractivity contribution in [1.82, 2.24) is 0 Å². The molecule has 0 radical (unpaired) electrons. The first-order chi connectivity index (χ1) is 12.1. The van der Waals surface area contributed by atoms with Crippen LogP contribution < -0.4 is 16.0 Å². The molecule has 0 aromatic heterocycles. The van der Waals surface area contributed by atoms with E-state index in [4.69, 9.17) is 5.73 Å². The number of likely N-dealkylation sites (tertiary alicyclic amines) is 1. The summed E-state index contributed by atoms with van der Waals surface area (Å²) >= 11 is 0. The molecule has 0 aliphatic carbocycles. The van der Waals surface area contributed by atoms with Gasteiger partial charge in [0.1, 0.15) is 0 Å². The van der Waals surface area contributed by atoms with Crippen LogP contribution in [-0.2, 0) is 9.59 Å². The first kappa shape index (κ1) is 17.2. The van der Waals surface area contributed by atoms with Gasteiger partial charge in [-0.25, -0.2) is 0 Å². The van der Waals surface area contributed by atoms with E-state index in [9.17, 15) is 9.59 Å². The van der Waals surface area contributed by atoms with E-state index in [0.29, 0.717) is 0 Å². The molecule has 1 aliphatic heterocycles. The molecule has 2 atom stereocenters. The van der Waals surface area contributed by atoms with Gasteiger partial charge in [-0.3, -0.25) is 9.59 Å². The molecule has 5 heteroatoms. The summed E-state index contributed by atoms with van der Waals surface area (Å²) in [4.78, 5) is 25.1. The number of hydrogen-bond acceptors (Lipinski definition) is 2. The van der Waals surface area contributed by atoms with Crippen LogP contribution in [0.3, 0.4) is 0 Å². The molecule has 1 heterocycles. The minimum absolute atomic E-state index is 0.0912. The van der Waals surface area contributed by atoms with E-state index in [1.807, 2.05) is 54.6 Å². The molecule has 4 N–H and O–H groups in total. The number of nitrogens with two attached hydrogens (primary N) is 1. The zero-order chi connectivity index (χ0) is 17.6. The van der Waals surface area contributed by atoms with Crippen molar-refractivity contribution in [1.29, 1.82) is 0 Å². The van der Waals surface area contributed by atoms with Gasteiger partial charge in [0.05, 0.1) is 6.54 Å². The lowest BCUT2D eigenvalue weighted by Crippen LogP contribution is -3.18. The Bertz CT molecular complexity index is 746. The smallest absolute Gasteiger partial charge is 0.279 e. The molecule has 1 saturated heterocycles. The lowest BCUT2D eigenvalue weighted by atomic mass is 10.0. The van der Waals surface area contributed by atoms with E-state index in [1.165, 1.54) is 0 Å². The minimum atomic E-state index is -0.313. The highest BCUT2D eigenvalue weighted by atomic mass is 16.2. The van der Waals surface area contributed by atoms with Gasteiger partial charge in [-0.15, -0.1) is 0 Å². The van der Waals surface area contributed by atoms with Gasteiger partial charge in [-0.2, -0.15) is 0 Å². The van der Waals surface area contributed by atoms with Crippen molar-refractivity contribution >= 4 is 17.5 Å². The van der Waals surface area contributed by atoms with Crippen molar-refractivity contribution in [3.63, 3.8) is 0 Å². The Morgan fingerprint density at radius 3 is 2.52 bits per heavy atom. The number of nitrogens with one attached hydrogen (secondary N) is 2. The highest BCUT2D eigenvalue weighted by Crippen LogP contribution is 2.27. The molecule has 0 bridgehead atoms. The second kappa shape index (κ2) is 7.94. The van der Waals surface area contributed by atoms with Crippen molar-refractivity contribution in [2.45, 2.75) is 25.3 Å². The first-order valence-electron chi connectivity index (χ1n) is 8.73. The van der Waals surface area contributed by atoms with Crippen LogP contribution >= 0.6 is 0 Å². The molecule has 2 amide bonds. The van der Waals surface area contributed by atoms with Crippen LogP contribution in [0.2, 0.25) is 0 Å². The van der Waals surface area contributed by atoms with Crippen LogP contribution in [-0.4, -0.2) is 30.9 Å². The number of carbonyl (C=O) groups excluding carboxylic acids is 2. The molecule has 5 nitrogen and oxygen atoms in total. The first-order valence-corrected chi connectivity index (χ1v) is 8.73. The van der Waals surface area contributed by atoms with E-state index in [-0.39, 0.29) is 24.4 Å². The van der Waals surface area contributed by atoms with Gasteiger partial charge in [0.2, 0.25) is 0 Å². The zero-order valence-corrected chi connectivity index (χ0v) is 14.2. The average molecular weight is 338 g/mol. The predicted molar refractivity (Wildman–Crippen MR) is 98.0 cm³/mol. The predicted octanol–water partition coefficient (Wildman–Crippen LogP) is 1.21. The third-order valence-corrected chi connectivity index (χ3v) is 4.75. The monoisotopic (exact) mass is 338 g/mol. The van der Waals surface area contributed by atoms with Crippen LogP contribution in [0.25, 0.3) is 11.1 Å². The average Bonchev–Trinajstić information content (AvgIpc) is 2.63. The SMILES string of the molecule is NC(=O)[C@@H]1CCCC[NH+]1CC(=O)Nc1ccccc1-c1ccccc1. The number of carbonyl (C=O) groups is 2. The quantitative estimate of drug-likeness (QED) is 0.766. The third kappa shape index (κ3) is 4.25. The summed E-state index contributed by atoms with van der Waals surface area (Å²) in [6, 6.07) is 17.4. The molecule has 25 heavy (non-hydrogen) atoms. The van der Waals surface area contributed by atoms with E-state index >= 15 is 0 Å². The van der Waals surface area contributed by atoms with Gasteiger partial charge in [0.25, 0.3) is 11.8 Å². The van der Waals surface area contributed by atoms with Gasteiger partial charge in [-0.05, 0) is 24.5 Å². The number of rotatable bonds is 5. The molecule has 1 fully saturated rings. The van der Waals surface area contributed by atoms with Crippen LogP contribution in [0.5, 0.6) is 0 Å². The van der Waals surface area contributed by atoms with Gasteiger partial charge in [-0.1, -0.05) is 48.5 Å². The Kier molecular flexibility index (Phi) is 5.46. The molecule has 0 saturated carbocycles. The molecule has 3 rings (SSSR count). The molecule has 0 spiro atoms. The Labute approximate surface area is 147 Å². The topological polar surface area (TPSA) is 76.6 Å². The summed E-state index contributed by atoms with van der Waals surface area (Å²) in [5.41, 5.74) is 8.31. The molecule has 1 unspecified atom stereocenters. The minimum Gasteiger partial charge on any atom is -0.365 e. The number of amides is 2. The van der Waals surface area contributed by atoms with Gasteiger partial charge in [0.15, 0.2) is 12.6 Å². The standard InChI is InChI=1S/C20H23N3O2/c21-20(25)18-12-6-7-13-23(18)14-19(24)22-17-11-5-4-10-16(17)15-8-2-1-3-9-15/h1-5,8-11,18H,6-7,12-14H2,(H2,21,25)(H,22,24)/p+1/t18-/m0/s1. The number of hydrogen-bond donors (Lipinski definition) is 3. The summed E-state index contributed by atoms with van der Waals surface area (Å²) in [5.74, 6) is -0.404. The zero-order valence-electron chi connectivity index (χ0n) is 14.2. The Hall–Kier alpha value is -2.66. The Balaban J connectivity index is 1.72. The van der Waals surface area contributed by atoms with Crippen LogP contribution in [0, 0.1) is 0 Å². The second-order valence-corrected chi connectivity index (χ2v) is 6.50. The lowest BCUT2D eigenvalue weighted by Gasteiger charge is -2.29. The van der Waals surface area contributed by atoms with Gasteiger partial charge in [0, 0.05) is 17.7 Å². The van der Waals surface area contributed by atoms with Crippen LogP contribution in [0.15, 0.2) is 54.6 Å². The van der Waals surface area contributed by atoms with E-state index < -0.39 is 0 Å². The number of benzene rings is 2. The molecular formula is C20H24N3O2+. The number of piperidine rings is 1. The Morgan fingerprint density at radius 2 is 1.76 bits per heavy atom. The van der Waals surface area contributed by atoms with Crippen molar-refractivity contribution in [2.75, 3.05) is 18.4 Å². The van der Waals surface area contributed by atoms with E-state index in [0.717, 1.165) is 47.5 Å². The van der Waals surface area contributed by atoms with Crippen molar-refractivity contribution in [3.8, 4) is 11.1 Å². The van der Waals surface area contributed by atoms with Crippen LogP contribution in [0.4, 0.5) is 5.69 Å². The maximum Gasteiger partial charge on any atom is 0.279 e. The number of primary amides is 1. The molecule has 2 aromatic rings. The second-order valence-electron chi connectivity index (χ2n) is 6.50. The highest BCUT2D eigenvalue weighted by Gasteiger charge is 2.32. The van der Waals surface area contributed by atoms with E-state index in [1.54, 1.807) is 0 Å². The summed E-state index contributed by atoms with van der Waals surface area (Å²) in [6.45, 7) is 1.07. The third-order valence-electron chi connectivity index (χ3n) is 4.75. The fourth-order valence-electron chi connectivity index (χ4n) is 3.50. The summed E-state index contributed by atoms with van der Waals surface area (Å²) in [7, 11) is 0. The fourth-order valence-corrected chi connectivity index (χ4v) is 3.50. The van der Waals surface area contributed by atoms with Gasteiger partial charge < -0.3 is 16.0 Å². The molecule has 1 aliphatic rings. The van der Waals surface area contributed by atoms with Crippen molar-refractivity contribution < 1.29 is 14.5 Å². The van der Waals surface area contributed by atoms with Crippen molar-refractivity contribution in [2.24, 2.45) is 5.73 Å². The fraction of sp³-hybridized carbons (Fsp3) is 0.300. The van der Waals surface area contributed by atoms with E-state index in [2.05, 4.69) is 5.32 Å². The van der Waals surface area contributed by atoms with Crippen LogP contribution in [0.1, 0.15) is 19.3 Å². The molecule has 2 aromatic carbocycles. The highest BCUT2D eigenvalue weighted by molar-refractivity contribution is 5.96. The summed E-state index contributed by atoms with van der Waals surface area (Å²) in [6.07, 6.45) is 2.78. The maximum absolute atomic E-state index is 12.5. The summed E-state index contributed by atoms with van der Waals surface area (Å²) in [5, 5.41) is 3.00. The largest absolute Gasteiger partial charge is 0.365 e. The normalized spacial score (nSPS) is 20.0. The number of quaternary nitrogens is 1. The summed E-state index contributed by atoms with van der Waals surface area (Å²) < 4.78 is 0. The molecular weight excluding hydrogens is 314 g/mol. The number of para-hydroxylation sites is 1. The maximum atomic E-state index is 12.5. The molecule has 130 valence electrons. The number of anilines is 1.